The number of aromatic nitrogens is 1. The molecule has 1 aromatic carbocycles. The van der Waals surface area contributed by atoms with E-state index in [2.05, 4.69) is 21.7 Å². The van der Waals surface area contributed by atoms with Gasteiger partial charge >= 0.3 is 6.03 Å². The lowest BCUT2D eigenvalue weighted by Crippen LogP contribution is -2.31. The summed E-state index contributed by atoms with van der Waals surface area (Å²) in [5.74, 6) is 0. The lowest BCUT2D eigenvalue weighted by atomic mass is 10.1. The Hall–Kier alpha value is -1.57. The van der Waals surface area contributed by atoms with Crippen LogP contribution in [0, 0.1) is 0 Å². The number of nitrogens with one attached hydrogen (secondary N) is 2. The van der Waals surface area contributed by atoms with Crippen LogP contribution < -0.4 is 10.6 Å². The van der Waals surface area contributed by atoms with Crippen LogP contribution in [0.15, 0.2) is 29.2 Å². The van der Waals surface area contributed by atoms with Crippen LogP contribution in [0.1, 0.15) is 29.1 Å². The Bertz CT molecular complexity index is 679. The van der Waals surface area contributed by atoms with Crippen molar-refractivity contribution in [2.45, 2.75) is 30.9 Å². The van der Waals surface area contributed by atoms with Crippen molar-refractivity contribution in [2.75, 3.05) is 18.2 Å². The van der Waals surface area contributed by atoms with Crippen molar-refractivity contribution in [1.82, 2.24) is 10.3 Å². The Kier molecular flexibility index (Phi) is 5.20. The maximum atomic E-state index is 12.2. The number of amides is 2. The molecule has 0 bridgehead atoms. The number of rotatable bonds is 4. The number of nitrogens with zero attached hydrogens (tertiary/aromatic N) is 1. The van der Waals surface area contributed by atoms with Crippen molar-refractivity contribution < 1.29 is 9.53 Å². The number of thiazole rings is 1. The van der Waals surface area contributed by atoms with E-state index >= 15 is 0 Å². The van der Waals surface area contributed by atoms with E-state index in [-0.39, 0.29) is 12.1 Å². The molecule has 23 heavy (non-hydrogen) atoms. The molecule has 1 aliphatic heterocycles. The van der Waals surface area contributed by atoms with Gasteiger partial charge in [-0.1, -0.05) is 29.5 Å². The Morgan fingerprint density at radius 3 is 3.04 bits per heavy atom. The van der Waals surface area contributed by atoms with Crippen LogP contribution in [-0.2, 0) is 17.8 Å². The van der Waals surface area contributed by atoms with Gasteiger partial charge in [0.25, 0.3) is 0 Å². The van der Waals surface area contributed by atoms with Gasteiger partial charge in [-0.2, -0.15) is 0 Å². The van der Waals surface area contributed by atoms with Crippen molar-refractivity contribution >= 4 is 34.3 Å². The molecule has 2 amide bonds. The molecule has 2 heterocycles. The molecular weight excluding hydrogens is 330 g/mol. The van der Waals surface area contributed by atoms with Crippen molar-refractivity contribution in [1.29, 1.82) is 0 Å². The molecule has 2 aromatic rings. The number of carbonyl (C=O) groups is 1. The molecule has 0 saturated carbocycles. The zero-order chi connectivity index (χ0) is 16.2. The molecule has 0 unspecified atom stereocenters. The van der Waals surface area contributed by atoms with Crippen LogP contribution in [0.25, 0.3) is 0 Å². The summed E-state index contributed by atoms with van der Waals surface area (Å²) in [4.78, 5) is 19.0. The lowest BCUT2D eigenvalue weighted by molar-refractivity contribution is 0.112. The average Bonchev–Trinajstić information content (AvgIpc) is 2.96. The largest absolute Gasteiger partial charge is 0.375 e. The summed E-state index contributed by atoms with van der Waals surface area (Å²) >= 11 is 3.16. The highest BCUT2D eigenvalue weighted by Crippen LogP contribution is 2.28. The first-order valence-corrected chi connectivity index (χ1v) is 9.48. The molecule has 3 rings (SSSR count). The van der Waals surface area contributed by atoms with Gasteiger partial charge in [0.1, 0.15) is 0 Å². The highest BCUT2D eigenvalue weighted by Gasteiger charge is 2.18. The molecule has 1 aromatic heterocycles. The molecule has 0 fully saturated rings. The van der Waals surface area contributed by atoms with Crippen LogP contribution in [-0.4, -0.2) is 23.9 Å². The van der Waals surface area contributed by atoms with Crippen LogP contribution in [0.2, 0.25) is 0 Å². The van der Waals surface area contributed by atoms with Gasteiger partial charge in [0.15, 0.2) is 5.13 Å². The van der Waals surface area contributed by atoms with E-state index in [1.54, 1.807) is 11.8 Å². The molecular formula is C16H19N3O2S2. The molecule has 1 aliphatic rings. The molecule has 0 saturated heterocycles. The summed E-state index contributed by atoms with van der Waals surface area (Å²) in [6, 6.07) is 7.78. The van der Waals surface area contributed by atoms with Gasteiger partial charge in [-0.25, -0.2) is 9.78 Å². The molecule has 0 aliphatic carbocycles. The van der Waals surface area contributed by atoms with Gasteiger partial charge in [0.05, 0.1) is 29.8 Å². The van der Waals surface area contributed by atoms with Crippen LogP contribution in [0.4, 0.5) is 9.93 Å². The second-order valence-corrected chi connectivity index (χ2v) is 7.19. The fourth-order valence-corrected chi connectivity index (χ4v) is 4.15. The Labute approximate surface area is 143 Å². The smallest absolute Gasteiger partial charge is 0.321 e. The highest BCUT2D eigenvalue weighted by molar-refractivity contribution is 7.98. The summed E-state index contributed by atoms with van der Waals surface area (Å²) in [7, 11) is 0. The van der Waals surface area contributed by atoms with E-state index in [0.717, 1.165) is 22.6 Å². The van der Waals surface area contributed by atoms with Crippen LogP contribution in [0.3, 0.4) is 0 Å². The number of anilines is 1. The van der Waals surface area contributed by atoms with Crippen LogP contribution in [0.5, 0.6) is 0 Å². The predicted octanol–water partition coefficient (Wildman–Crippen LogP) is 3.82. The van der Waals surface area contributed by atoms with E-state index in [9.17, 15) is 4.79 Å². The molecule has 2 N–H and O–H groups in total. The quantitative estimate of drug-likeness (QED) is 0.824. The first-order chi connectivity index (χ1) is 11.2. The third-order valence-electron chi connectivity index (χ3n) is 3.67. The van der Waals surface area contributed by atoms with Crippen molar-refractivity contribution in [3.8, 4) is 0 Å². The monoisotopic (exact) mass is 349 g/mol. The normalized spacial score (nSPS) is 14.9. The van der Waals surface area contributed by atoms with Gasteiger partial charge in [-0.05, 0) is 24.8 Å². The summed E-state index contributed by atoms with van der Waals surface area (Å²) in [6.07, 6.45) is 2.85. The van der Waals surface area contributed by atoms with Gasteiger partial charge in [-0.15, -0.1) is 11.8 Å². The lowest BCUT2D eigenvalue weighted by Gasteiger charge is -2.17. The maximum Gasteiger partial charge on any atom is 0.321 e. The average molecular weight is 349 g/mol. The SMILES string of the molecule is CSc1ccccc1[C@@H](C)NC(=O)Nc1nc2c(s1)COCC2. The van der Waals surface area contributed by atoms with Crippen LogP contribution >= 0.6 is 23.1 Å². The molecule has 1 atom stereocenters. The summed E-state index contributed by atoms with van der Waals surface area (Å²) < 4.78 is 5.40. The number of hydrogen-bond acceptors (Lipinski definition) is 5. The van der Waals surface area contributed by atoms with E-state index in [0.29, 0.717) is 18.3 Å². The number of carbonyl (C=O) groups excluding carboxylic acids is 1. The molecule has 0 spiro atoms. The fraction of sp³-hybridized carbons (Fsp3) is 0.375. The number of benzene rings is 1. The minimum atomic E-state index is -0.236. The summed E-state index contributed by atoms with van der Waals surface area (Å²) in [6.45, 7) is 3.27. The van der Waals surface area contributed by atoms with Crippen molar-refractivity contribution in [3.63, 3.8) is 0 Å². The van der Waals surface area contributed by atoms with Crippen molar-refractivity contribution in [2.24, 2.45) is 0 Å². The summed E-state index contributed by atoms with van der Waals surface area (Å²) in [5.41, 5.74) is 2.15. The number of thioether (sulfide) groups is 1. The molecule has 122 valence electrons. The zero-order valence-electron chi connectivity index (χ0n) is 13.1. The fourth-order valence-electron chi connectivity index (χ4n) is 2.51. The van der Waals surface area contributed by atoms with E-state index in [1.165, 1.54) is 16.2 Å². The highest BCUT2D eigenvalue weighted by atomic mass is 32.2. The van der Waals surface area contributed by atoms with Gasteiger partial charge in [0, 0.05) is 11.3 Å². The Balaban J connectivity index is 1.63. The third kappa shape index (κ3) is 3.85. The number of hydrogen-bond donors (Lipinski definition) is 2. The third-order valence-corrected chi connectivity index (χ3v) is 5.47. The molecule has 0 radical (unpaired) electrons. The minimum absolute atomic E-state index is 0.0726. The predicted molar refractivity (Wildman–Crippen MR) is 94.3 cm³/mol. The second-order valence-electron chi connectivity index (χ2n) is 5.25. The standard InChI is InChI=1S/C16H19N3O2S2/c1-10(11-5-3-4-6-13(11)22-2)17-15(20)19-16-18-12-7-8-21-9-14(12)23-16/h3-6,10H,7-9H2,1-2H3,(H2,17,18,19,20)/t10-/m1/s1. The van der Waals surface area contributed by atoms with E-state index < -0.39 is 0 Å². The number of fused-ring (bicyclic) bond motifs is 1. The Morgan fingerprint density at radius 1 is 1.43 bits per heavy atom. The zero-order valence-corrected chi connectivity index (χ0v) is 14.7. The van der Waals surface area contributed by atoms with Gasteiger partial charge in [0.2, 0.25) is 0 Å². The minimum Gasteiger partial charge on any atom is -0.375 e. The number of ether oxygens (including phenoxy) is 1. The molecule has 7 heteroatoms. The molecule has 5 nitrogen and oxygen atoms in total. The maximum absolute atomic E-state index is 12.2. The topological polar surface area (TPSA) is 63.2 Å². The first-order valence-electron chi connectivity index (χ1n) is 7.44. The van der Waals surface area contributed by atoms with Gasteiger partial charge < -0.3 is 10.1 Å². The van der Waals surface area contributed by atoms with E-state index in [1.807, 2.05) is 31.4 Å². The first kappa shape index (κ1) is 16.3. The number of urea groups is 1. The van der Waals surface area contributed by atoms with Crippen molar-refractivity contribution in [3.05, 3.63) is 40.4 Å². The second kappa shape index (κ2) is 7.33. The van der Waals surface area contributed by atoms with E-state index in [4.69, 9.17) is 4.74 Å². The Morgan fingerprint density at radius 2 is 2.26 bits per heavy atom. The van der Waals surface area contributed by atoms with Gasteiger partial charge in [-0.3, -0.25) is 5.32 Å². The summed E-state index contributed by atoms with van der Waals surface area (Å²) in [5, 5.41) is 6.43.